The van der Waals surface area contributed by atoms with Crippen LogP contribution in [0.5, 0.6) is 0 Å². The van der Waals surface area contributed by atoms with Crippen LogP contribution in [0.4, 0.5) is 0 Å². The summed E-state index contributed by atoms with van der Waals surface area (Å²) in [5, 5.41) is 3.48. The number of para-hydroxylation sites is 1. The van der Waals surface area contributed by atoms with Gasteiger partial charge in [0.15, 0.2) is 5.01 Å². The van der Waals surface area contributed by atoms with E-state index in [0.717, 1.165) is 12.1 Å². The quantitative estimate of drug-likeness (QED) is 0.805. The minimum Gasteiger partial charge on any atom is -0.322 e. The van der Waals surface area contributed by atoms with E-state index >= 15 is 0 Å². The van der Waals surface area contributed by atoms with Crippen molar-refractivity contribution in [1.82, 2.24) is 9.97 Å². The fraction of sp³-hybridized carbons (Fsp3) is 0.375. The van der Waals surface area contributed by atoms with Gasteiger partial charge in [0.1, 0.15) is 18.3 Å². The fourth-order valence-electron chi connectivity index (χ4n) is 3.19. The van der Waals surface area contributed by atoms with Crippen LogP contribution in [-0.4, -0.2) is 16.5 Å². The third kappa shape index (κ3) is 2.73. The first kappa shape index (κ1) is 13.4. The molecule has 108 valence electrons. The molecule has 3 aromatic rings. The van der Waals surface area contributed by atoms with Gasteiger partial charge >= 0.3 is 0 Å². The lowest BCUT2D eigenvalue weighted by Gasteiger charge is -2.30. The molecule has 1 aromatic carbocycles. The van der Waals surface area contributed by atoms with Crippen LogP contribution < -0.4 is 4.90 Å². The predicted molar refractivity (Wildman–Crippen MR) is 87.9 cm³/mol. The molecular weight excluding hydrogens is 298 g/mol. The van der Waals surface area contributed by atoms with Crippen LogP contribution in [0.3, 0.4) is 0 Å². The second-order valence-corrected chi connectivity index (χ2v) is 7.41. The van der Waals surface area contributed by atoms with Crippen molar-refractivity contribution in [2.75, 3.05) is 6.54 Å². The van der Waals surface area contributed by atoms with Gasteiger partial charge in [-0.2, -0.15) is 0 Å². The number of hydrogen-bond donors (Lipinski definition) is 1. The van der Waals surface area contributed by atoms with Crippen LogP contribution in [0, 0.1) is 0 Å². The van der Waals surface area contributed by atoms with Gasteiger partial charge in [-0.25, -0.2) is 9.97 Å². The van der Waals surface area contributed by atoms with E-state index in [2.05, 4.69) is 34.6 Å². The smallest absolute Gasteiger partial charge is 0.151 e. The molecule has 3 heterocycles. The fourth-order valence-corrected chi connectivity index (χ4v) is 4.90. The second-order valence-electron chi connectivity index (χ2n) is 5.63. The van der Waals surface area contributed by atoms with Crippen molar-refractivity contribution in [2.24, 2.45) is 0 Å². The van der Waals surface area contributed by atoms with E-state index in [9.17, 15) is 0 Å². The van der Waals surface area contributed by atoms with E-state index in [1.807, 2.05) is 16.8 Å². The SMILES string of the molecule is c1ccc2sc([C@@H]3CCCC[NH+]3Cc3cscn3)nc2c1. The zero-order chi connectivity index (χ0) is 14.1. The Bertz CT molecular complexity index is 687. The predicted octanol–water partition coefficient (Wildman–Crippen LogP) is 3.06. The molecule has 1 aliphatic rings. The van der Waals surface area contributed by atoms with Gasteiger partial charge in [-0.15, -0.1) is 22.7 Å². The van der Waals surface area contributed by atoms with Crippen LogP contribution in [0.1, 0.15) is 36.0 Å². The van der Waals surface area contributed by atoms with Crippen molar-refractivity contribution in [1.29, 1.82) is 0 Å². The molecule has 1 saturated heterocycles. The zero-order valence-electron chi connectivity index (χ0n) is 11.8. The number of hydrogen-bond acceptors (Lipinski definition) is 4. The number of aromatic nitrogens is 2. The monoisotopic (exact) mass is 316 g/mol. The average Bonchev–Trinajstić information content (AvgIpc) is 3.16. The summed E-state index contributed by atoms with van der Waals surface area (Å²) in [5.41, 5.74) is 4.31. The molecule has 0 amide bonds. The molecule has 1 aliphatic heterocycles. The number of thiazole rings is 2. The number of rotatable bonds is 3. The summed E-state index contributed by atoms with van der Waals surface area (Å²) in [5.74, 6) is 0. The number of likely N-dealkylation sites (tertiary alicyclic amines) is 1. The first-order valence-corrected chi connectivity index (χ1v) is 9.23. The minimum absolute atomic E-state index is 0.540. The molecule has 4 rings (SSSR count). The first-order chi connectivity index (χ1) is 10.4. The molecule has 5 heteroatoms. The zero-order valence-corrected chi connectivity index (χ0v) is 13.4. The first-order valence-electron chi connectivity index (χ1n) is 7.47. The highest BCUT2D eigenvalue weighted by molar-refractivity contribution is 7.18. The summed E-state index contributed by atoms with van der Waals surface area (Å²) in [6.45, 7) is 2.27. The van der Waals surface area contributed by atoms with Crippen LogP contribution in [0.2, 0.25) is 0 Å². The van der Waals surface area contributed by atoms with E-state index in [0.29, 0.717) is 6.04 Å². The van der Waals surface area contributed by atoms with Crippen molar-refractivity contribution < 1.29 is 4.90 Å². The molecule has 0 bridgehead atoms. The normalized spacial score (nSPS) is 22.7. The van der Waals surface area contributed by atoms with Crippen LogP contribution >= 0.6 is 22.7 Å². The number of benzene rings is 1. The van der Waals surface area contributed by atoms with Crippen molar-refractivity contribution >= 4 is 32.9 Å². The Hall–Kier alpha value is -1.30. The summed E-state index contributed by atoms with van der Waals surface area (Å²) in [4.78, 5) is 11.0. The molecule has 2 atom stereocenters. The number of nitrogens with zero attached hydrogens (tertiary/aromatic N) is 2. The molecule has 21 heavy (non-hydrogen) atoms. The Kier molecular flexibility index (Phi) is 3.71. The molecule has 3 nitrogen and oxygen atoms in total. The lowest BCUT2D eigenvalue weighted by molar-refractivity contribution is -0.950. The molecular formula is C16H18N3S2+. The topological polar surface area (TPSA) is 30.2 Å². The number of quaternary nitrogens is 1. The van der Waals surface area contributed by atoms with E-state index in [1.54, 1.807) is 16.2 Å². The largest absolute Gasteiger partial charge is 0.322 e. The highest BCUT2D eigenvalue weighted by Crippen LogP contribution is 2.28. The average molecular weight is 316 g/mol. The van der Waals surface area contributed by atoms with Gasteiger partial charge in [0.05, 0.1) is 22.3 Å². The van der Waals surface area contributed by atoms with Crippen molar-refractivity contribution in [2.45, 2.75) is 31.8 Å². The van der Waals surface area contributed by atoms with Crippen molar-refractivity contribution in [3.05, 3.63) is 45.9 Å². The van der Waals surface area contributed by atoms with E-state index < -0.39 is 0 Å². The van der Waals surface area contributed by atoms with Gasteiger partial charge in [0.2, 0.25) is 0 Å². The number of nitrogens with one attached hydrogen (secondary N) is 1. The molecule has 2 aromatic heterocycles. The molecule has 0 saturated carbocycles. The van der Waals surface area contributed by atoms with Gasteiger partial charge < -0.3 is 4.90 Å². The summed E-state index contributed by atoms with van der Waals surface area (Å²) in [6, 6.07) is 9.02. The summed E-state index contributed by atoms with van der Waals surface area (Å²) >= 11 is 3.56. The molecule has 0 spiro atoms. The van der Waals surface area contributed by atoms with E-state index in [4.69, 9.17) is 4.98 Å². The maximum absolute atomic E-state index is 4.90. The Morgan fingerprint density at radius 1 is 1.24 bits per heavy atom. The van der Waals surface area contributed by atoms with Crippen LogP contribution in [0.25, 0.3) is 10.2 Å². The second kappa shape index (κ2) is 5.83. The van der Waals surface area contributed by atoms with Crippen molar-refractivity contribution in [3.63, 3.8) is 0 Å². The summed E-state index contributed by atoms with van der Waals surface area (Å²) < 4.78 is 1.31. The number of fused-ring (bicyclic) bond motifs is 1. The maximum atomic E-state index is 4.90. The Morgan fingerprint density at radius 3 is 3.05 bits per heavy atom. The van der Waals surface area contributed by atoms with Gasteiger partial charge in [-0.05, 0) is 25.0 Å². The molecule has 0 radical (unpaired) electrons. The summed E-state index contributed by atoms with van der Waals surface area (Å²) in [6.07, 6.45) is 3.89. The summed E-state index contributed by atoms with van der Waals surface area (Å²) in [7, 11) is 0. The van der Waals surface area contributed by atoms with E-state index in [1.165, 1.54) is 41.2 Å². The van der Waals surface area contributed by atoms with Gasteiger partial charge in [-0.1, -0.05) is 12.1 Å². The van der Waals surface area contributed by atoms with Crippen LogP contribution in [-0.2, 0) is 6.54 Å². The van der Waals surface area contributed by atoms with E-state index in [-0.39, 0.29) is 0 Å². The lowest BCUT2D eigenvalue weighted by atomic mass is 10.0. The standard InChI is InChI=1S/C16H17N3S2/c1-2-7-15-13(5-1)18-16(21-15)14-6-3-4-8-19(14)9-12-10-20-11-17-12/h1-2,5,7,10-11,14H,3-4,6,8-9H2/p+1/t14-/m0/s1. The highest BCUT2D eigenvalue weighted by atomic mass is 32.1. The Balaban J connectivity index is 1.63. The minimum atomic E-state index is 0.540. The Labute approximate surface area is 132 Å². The molecule has 1 unspecified atom stereocenters. The van der Waals surface area contributed by atoms with Gasteiger partial charge in [0.25, 0.3) is 0 Å². The van der Waals surface area contributed by atoms with Crippen LogP contribution in [0.15, 0.2) is 35.2 Å². The third-order valence-corrected chi connectivity index (χ3v) is 6.02. The Morgan fingerprint density at radius 2 is 2.19 bits per heavy atom. The van der Waals surface area contributed by atoms with Gasteiger partial charge in [-0.3, -0.25) is 0 Å². The molecule has 1 N–H and O–H groups in total. The lowest BCUT2D eigenvalue weighted by Crippen LogP contribution is -3.11. The van der Waals surface area contributed by atoms with Crippen molar-refractivity contribution in [3.8, 4) is 0 Å². The third-order valence-electron chi connectivity index (χ3n) is 4.23. The van der Waals surface area contributed by atoms with Gasteiger partial charge in [0, 0.05) is 11.8 Å². The number of piperidine rings is 1. The highest BCUT2D eigenvalue weighted by Gasteiger charge is 2.30. The maximum Gasteiger partial charge on any atom is 0.151 e. The molecule has 1 fully saturated rings. The molecule has 0 aliphatic carbocycles.